The summed E-state index contributed by atoms with van der Waals surface area (Å²) in [6.07, 6.45) is 4.73. The molecule has 1 heterocycles. The maximum atomic E-state index is 11.5. The Morgan fingerprint density at radius 2 is 1.71 bits per heavy atom. The van der Waals surface area contributed by atoms with Gasteiger partial charge in [0.15, 0.2) is 0 Å². The number of carbonyl (C=O) groups excluding carboxylic acids is 1. The summed E-state index contributed by atoms with van der Waals surface area (Å²) >= 11 is 0. The van der Waals surface area contributed by atoms with Gasteiger partial charge in [0.2, 0.25) is 0 Å². The van der Waals surface area contributed by atoms with Crippen LogP contribution >= 0.6 is 0 Å². The second-order valence-electron chi connectivity index (χ2n) is 9.71. The summed E-state index contributed by atoms with van der Waals surface area (Å²) < 4.78 is 11.4. The lowest BCUT2D eigenvalue weighted by Gasteiger charge is -2.37. The summed E-state index contributed by atoms with van der Waals surface area (Å²) in [6, 6.07) is 12.6. The summed E-state index contributed by atoms with van der Waals surface area (Å²) in [5, 5.41) is 5.20. The highest BCUT2D eigenvalue weighted by Gasteiger charge is 2.36. The summed E-state index contributed by atoms with van der Waals surface area (Å²) in [5.74, 6) is 1.74. The zero-order valence-corrected chi connectivity index (χ0v) is 17.4. The molecule has 0 bridgehead atoms. The van der Waals surface area contributed by atoms with Crippen molar-refractivity contribution < 1.29 is 14.3 Å². The average Bonchev–Trinajstić information content (AvgIpc) is 3.01. The molecule has 4 heteroatoms. The lowest BCUT2D eigenvalue weighted by Crippen LogP contribution is -2.37. The Kier molecular flexibility index (Phi) is 4.76. The van der Waals surface area contributed by atoms with Gasteiger partial charge >= 0.3 is 6.09 Å². The highest BCUT2D eigenvalue weighted by atomic mass is 16.6. The van der Waals surface area contributed by atoms with Gasteiger partial charge in [0.1, 0.15) is 12.4 Å². The first kappa shape index (κ1) is 19.1. The van der Waals surface area contributed by atoms with Crippen molar-refractivity contribution in [2.75, 3.05) is 6.61 Å². The normalized spacial score (nSPS) is 28.1. The number of cyclic esters (lactones) is 1. The summed E-state index contributed by atoms with van der Waals surface area (Å²) in [6.45, 7) is 9.39. The number of benzene rings is 2. The van der Waals surface area contributed by atoms with E-state index in [2.05, 4.69) is 62.5 Å². The zero-order chi connectivity index (χ0) is 19.9. The number of nitrogens with one attached hydrogen (secondary N) is 1. The SMILES string of the molecule is CC1(c2ccc3cc(OC4CCC(C(C)(C)C)CC4)ccc3c2)COC(=O)N1. The predicted octanol–water partition coefficient (Wildman–Crippen LogP) is 5.78. The molecule has 2 aromatic rings. The van der Waals surface area contributed by atoms with Crippen molar-refractivity contribution in [2.45, 2.75) is 65.0 Å². The van der Waals surface area contributed by atoms with Gasteiger partial charge in [-0.3, -0.25) is 0 Å². The molecular formula is C24H31NO3. The molecule has 0 radical (unpaired) electrons. The zero-order valence-electron chi connectivity index (χ0n) is 17.4. The van der Waals surface area contributed by atoms with E-state index < -0.39 is 5.54 Å². The van der Waals surface area contributed by atoms with Gasteiger partial charge in [-0.05, 0) is 78.5 Å². The Hall–Kier alpha value is -2.23. The van der Waals surface area contributed by atoms with Gasteiger partial charge in [-0.2, -0.15) is 0 Å². The third kappa shape index (κ3) is 3.82. The average molecular weight is 382 g/mol. The number of hydrogen-bond acceptors (Lipinski definition) is 3. The number of rotatable bonds is 3. The Bertz CT molecular complexity index is 877. The standard InChI is InChI=1S/C24H31NO3/c1-23(2,3)18-8-11-20(12-9-18)28-21-10-6-16-13-19(7-5-17(16)14-21)24(4)15-27-22(26)25-24/h5-7,10,13-14,18,20H,8-9,11-12,15H2,1-4H3,(H,25,26). The highest BCUT2D eigenvalue weighted by molar-refractivity contribution is 5.85. The van der Waals surface area contributed by atoms with E-state index in [1.165, 1.54) is 12.8 Å². The van der Waals surface area contributed by atoms with Crippen LogP contribution < -0.4 is 10.1 Å². The summed E-state index contributed by atoms with van der Waals surface area (Å²) in [7, 11) is 0. The van der Waals surface area contributed by atoms with E-state index >= 15 is 0 Å². The fourth-order valence-corrected chi connectivity index (χ4v) is 4.54. The quantitative estimate of drug-likeness (QED) is 0.733. The molecule has 1 aliphatic heterocycles. The molecule has 28 heavy (non-hydrogen) atoms. The number of fused-ring (bicyclic) bond motifs is 1. The van der Waals surface area contributed by atoms with Crippen molar-refractivity contribution in [2.24, 2.45) is 11.3 Å². The van der Waals surface area contributed by atoms with Gasteiger partial charge in [0.05, 0.1) is 11.6 Å². The Morgan fingerprint density at radius 1 is 1.04 bits per heavy atom. The van der Waals surface area contributed by atoms with Crippen LogP contribution in [0.4, 0.5) is 4.79 Å². The fraction of sp³-hybridized carbons (Fsp3) is 0.542. The molecule has 1 saturated carbocycles. The third-order valence-electron chi connectivity index (χ3n) is 6.52. The van der Waals surface area contributed by atoms with Crippen molar-refractivity contribution in [3.05, 3.63) is 42.0 Å². The van der Waals surface area contributed by atoms with E-state index in [9.17, 15) is 4.79 Å². The highest BCUT2D eigenvalue weighted by Crippen LogP contribution is 2.39. The van der Waals surface area contributed by atoms with Crippen LogP contribution in [0.1, 0.15) is 58.9 Å². The van der Waals surface area contributed by atoms with E-state index in [-0.39, 0.29) is 6.09 Å². The molecule has 1 amide bonds. The van der Waals surface area contributed by atoms with Gasteiger partial charge in [0.25, 0.3) is 0 Å². The lowest BCUT2D eigenvalue weighted by molar-refractivity contribution is 0.0883. The smallest absolute Gasteiger partial charge is 0.408 e. The van der Waals surface area contributed by atoms with Crippen LogP contribution in [0.3, 0.4) is 0 Å². The first-order valence-corrected chi connectivity index (χ1v) is 10.4. The van der Waals surface area contributed by atoms with Crippen LogP contribution in [0.5, 0.6) is 5.75 Å². The Labute approximate surface area is 167 Å². The maximum Gasteiger partial charge on any atom is 0.408 e. The molecule has 2 fully saturated rings. The predicted molar refractivity (Wildman–Crippen MR) is 112 cm³/mol. The van der Waals surface area contributed by atoms with Crippen LogP contribution in [-0.2, 0) is 10.3 Å². The van der Waals surface area contributed by atoms with E-state index in [0.29, 0.717) is 18.1 Å². The Balaban J connectivity index is 1.46. The minimum Gasteiger partial charge on any atom is -0.490 e. The van der Waals surface area contributed by atoms with Crippen molar-refractivity contribution in [3.63, 3.8) is 0 Å². The van der Waals surface area contributed by atoms with E-state index in [4.69, 9.17) is 9.47 Å². The topological polar surface area (TPSA) is 47.6 Å². The van der Waals surface area contributed by atoms with Crippen LogP contribution in [0.15, 0.2) is 36.4 Å². The van der Waals surface area contributed by atoms with Gasteiger partial charge < -0.3 is 14.8 Å². The van der Waals surface area contributed by atoms with Crippen LogP contribution in [0.25, 0.3) is 10.8 Å². The molecule has 0 aromatic heterocycles. The van der Waals surface area contributed by atoms with Crippen molar-refractivity contribution in [3.8, 4) is 5.75 Å². The van der Waals surface area contributed by atoms with Gasteiger partial charge in [0, 0.05) is 0 Å². The molecule has 0 spiro atoms. The van der Waals surface area contributed by atoms with Gasteiger partial charge in [-0.15, -0.1) is 0 Å². The van der Waals surface area contributed by atoms with Gasteiger partial charge in [-0.1, -0.05) is 39.0 Å². The molecule has 4 rings (SSSR count). The number of ether oxygens (including phenoxy) is 2. The van der Waals surface area contributed by atoms with Crippen LogP contribution in [-0.4, -0.2) is 18.8 Å². The molecule has 4 nitrogen and oxygen atoms in total. The van der Waals surface area contributed by atoms with Gasteiger partial charge in [-0.25, -0.2) is 4.79 Å². The van der Waals surface area contributed by atoms with Crippen molar-refractivity contribution >= 4 is 16.9 Å². The fourth-order valence-electron chi connectivity index (χ4n) is 4.54. The lowest BCUT2D eigenvalue weighted by atomic mass is 9.72. The van der Waals surface area contributed by atoms with Crippen LogP contribution in [0.2, 0.25) is 0 Å². The molecule has 1 N–H and O–H groups in total. The molecular weight excluding hydrogens is 350 g/mol. The molecule has 1 aliphatic carbocycles. The van der Waals surface area contributed by atoms with E-state index in [0.717, 1.165) is 40.8 Å². The molecule has 2 aromatic carbocycles. The number of amides is 1. The monoisotopic (exact) mass is 381 g/mol. The van der Waals surface area contributed by atoms with Crippen LogP contribution in [0, 0.1) is 11.3 Å². The minimum absolute atomic E-state index is 0.320. The number of carbonyl (C=O) groups is 1. The first-order chi connectivity index (χ1) is 13.2. The number of alkyl carbamates (subject to hydrolysis) is 1. The van der Waals surface area contributed by atoms with Crippen molar-refractivity contribution in [1.29, 1.82) is 0 Å². The molecule has 150 valence electrons. The maximum absolute atomic E-state index is 11.5. The van der Waals surface area contributed by atoms with E-state index in [1.807, 2.05) is 6.92 Å². The molecule has 1 saturated heterocycles. The Morgan fingerprint density at radius 3 is 2.36 bits per heavy atom. The van der Waals surface area contributed by atoms with Crippen molar-refractivity contribution in [1.82, 2.24) is 5.32 Å². The summed E-state index contributed by atoms with van der Waals surface area (Å²) in [4.78, 5) is 11.5. The second-order valence-corrected chi connectivity index (χ2v) is 9.71. The largest absolute Gasteiger partial charge is 0.490 e. The third-order valence-corrected chi connectivity index (χ3v) is 6.52. The second kappa shape index (κ2) is 6.98. The minimum atomic E-state index is -0.466. The molecule has 1 atom stereocenters. The summed E-state index contributed by atoms with van der Waals surface area (Å²) in [5.41, 5.74) is 0.984. The first-order valence-electron chi connectivity index (χ1n) is 10.4. The molecule has 1 unspecified atom stereocenters. The molecule has 2 aliphatic rings. The number of hydrogen-bond donors (Lipinski definition) is 1. The van der Waals surface area contributed by atoms with E-state index in [1.54, 1.807) is 0 Å².